The van der Waals surface area contributed by atoms with Gasteiger partial charge in [-0.25, -0.2) is 0 Å². The van der Waals surface area contributed by atoms with Crippen LogP contribution in [0, 0.1) is 0 Å². The monoisotopic (exact) mass is 818 g/mol. The summed E-state index contributed by atoms with van der Waals surface area (Å²) in [5.41, 5.74) is 11.8. The van der Waals surface area contributed by atoms with Gasteiger partial charge in [0.25, 0.3) is 0 Å². The first-order valence-corrected chi connectivity index (χ1v) is 22.4. The molecule has 294 valence electrons. The number of para-hydroxylation sites is 2. The minimum absolute atomic E-state index is 1.10. The Hall–Kier alpha value is -7.98. The van der Waals surface area contributed by atoms with E-state index in [1.54, 1.807) is 0 Å². The molecule has 0 bridgehead atoms. The summed E-state index contributed by atoms with van der Waals surface area (Å²) in [4.78, 5) is 2.53. The Bertz CT molecular complexity index is 3910. The number of hydrogen-bond acceptors (Lipinski definition) is 2. The van der Waals surface area contributed by atoms with E-state index in [1.165, 1.54) is 96.5 Å². The van der Waals surface area contributed by atoms with Crippen LogP contribution in [-0.2, 0) is 0 Å². The highest BCUT2D eigenvalue weighted by Crippen LogP contribution is 2.51. The van der Waals surface area contributed by atoms with Crippen molar-refractivity contribution >= 4 is 103 Å². The predicted molar refractivity (Wildman–Crippen MR) is 272 cm³/mol. The molecule has 0 aliphatic heterocycles. The molecule has 2 heterocycles. The molecule has 0 spiro atoms. The Labute approximate surface area is 368 Å². The minimum Gasteiger partial charge on any atom is -0.309 e. The van der Waals surface area contributed by atoms with Crippen LogP contribution >= 0.6 is 11.3 Å². The smallest absolute Gasteiger partial charge is 0.0562 e. The van der Waals surface area contributed by atoms with Crippen molar-refractivity contribution in [2.24, 2.45) is 0 Å². The lowest BCUT2D eigenvalue weighted by Gasteiger charge is -2.28. The maximum absolute atomic E-state index is 2.53. The summed E-state index contributed by atoms with van der Waals surface area (Å²) in [6.07, 6.45) is 0. The number of anilines is 3. The van der Waals surface area contributed by atoms with Gasteiger partial charge in [0.2, 0.25) is 0 Å². The second-order valence-electron chi connectivity index (χ2n) is 16.4. The molecule has 2 nitrogen and oxygen atoms in total. The normalized spacial score (nSPS) is 11.8. The molecule has 0 unspecified atom stereocenters. The van der Waals surface area contributed by atoms with E-state index in [-0.39, 0.29) is 0 Å². The predicted octanol–water partition coefficient (Wildman–Crippen LogP) is 17.4. The standard InChI is InChI=1S/C60H38N2S/c1-2-18-44(19-3-1)61-53-25-12-10-23-50(53)58-54(61)26-14-27-55(58)62(45-33-31-40(32-34-45)42-30-29-39-15-4-5-16-41(39)37-42)56-36-35-49(60-59(56)51-24-11-13-28-57(51)63-60)52-38-43-17-6-7-20-46(43)47-21-8-9-22-48(47)52/h1-38H. The molecule has 0 saturated heterocycles. The van der Waals surface area contributed by atoms with Gasteiger partial charge in [-0.3, -0.25) is 0 Å². The third-order valence-corrected chi connectivity index (χ3v) is 14.1. The van der Waals surface area contributed by atoms with Gasteiger partial charge < -0.3 is 9.47 Å². The Morgan fingerprint density at radius 3 is 1.83 bits per heavy atom. The number of rotatable bonds is 6. The summed E-state index contributed by atoms with van der Waals surface area (Å²) >= 11 is 1.90. The van der Waals surface area contributed by atoms with Gasteiger partial charge in [-0.1, -0.05) is 164 Å². The van der Waals surface area contributed by atoms with Crippen LogP contribution in [0.3, 0.4) is 0 Å². The van der Waals surface area contributed by atoms with E-state index in [1.807, 2.05) is 11.3 Å². The van der Waals surface area contributed by atoms with Crippen LogP contribution in [0.25, 0.3) is 102 Å². The molecule has 0 saturated carbocycles. The highest BCUT2D eigenvalue weighted by molar-refractivity contribution is 7.26. The molecule has 13 rings (SSSR count). The highest BCUT2D eigenvalue weighted by Gasteiger charge is 2.25. The Kier molecular flexibility index (Phi) is 8.12. The first-order chi connectivity index (χ1) is 31.3. The first kappa shape index (κ1) is 35.7. The molecule has 0 atom stereocenters. The fourth-order valence-corrected chi connectivity index (χ4v) is 11.4. The van der Waals surface area contributed by atoms with Crippen LogP contribution in [0.5, 0.6) is 0 Å². The Morgan fingerprint density at radius 2 is 0.984 bits per heavy atom. The quantitative estimate of drug-likeness (QED) is 0.152. The van der Waals surface area contributed by atoms with Crippen molar-refractivity contribution < 1.29 is 0 Å². The van der Waals surface area contributed by atoms with Crippen molar-refractivity contribution in [1.29, 1.82) is 0 Å². The lowest BCUT2D eigenvalue weighted by molar-refractivity contribution is 1.18. The fraction of sp³-hybridized carbons (Fsp3) is 0. The van der Waals surface area contributed by atoms with E-state index in [0.29, 0.717) is 0 Å². The average molecular weight is 819 g/mol. The van der Waals surface area contributed by atoms with Crippen molar-refractivity contribution in [3.63, 3.8) is 0 Å². The highest BCUT2D eigenvalue weighted by atomic mass is 32.1. The molecule has 0 radical (unpaired) electrons. The van der Waals surface area contributed by atoms with E-state index >= 15 is 0 Å². The van der Waals surface area contributed by atoms with Crippen LogP contribution in [0.4, 0.5) is 17.1 Å². The third kappa shape index (κ3) is 5.64. The second kappa shape index (κ2) is 14.3. The number of nitrogens with zero attached hydrogens (tertiary/aromatic N) is 2. The van der Waals surface area contributed by atoms with Gasteiger partial charge in [0.05, 0.1) is 22.4 Å². The van der Waals surface area contributed by atoms with Gasteiger partial charge in [-0.15, -0.1) is 11.3 Å². The molecular formula is C60H38N2S. The van der Waals surface area contributed by atoms with E-state index in [4.69, 9.17) is 0 Å². The summed E-state index contributed by atoms with van der Waals surface area (Å²) in [5.74, 6) is 0. The van der Waals surface area contributed by atoms with Crippen LogP contribution in [0.1, 0.15) is 0 Å². The molecule has 13 aromatic rings. The van der Waals surface area contributed by atoms with Gasteiger partial charge in [-0.05, 0) is 116 Å². The number of fused-ring (bicyclic) bond motifs is 10. The lowest BCUT2D eigenvalue weighted by atomic mass is 9.92. The number of benzene rings is 11. The summed E-state index contributed by atoms with van der Waals surface area (Å²) < 4.78 is 4.97. The van der Waals surface area contributed by atoms with E-state index < -0.39 is 0 Å². The first-order valence-electron chi connectivity index (χ1n) is 21.6. The van der Waals surface area contributed by atoms with Crippen molar-refractivity contribution in [3.8, 4) is 27.9 Å². The molecule has 63 heavy (non-hydrogen) atoms. The summed E-state index contributed by atoms with van der Waals surface area (Å²) in [6, 6.07) is 84.8. The van der Waals surface area contributed by atoms with Gasteiger partial charge >= 0.3 is 0 Å². The molecule has 0 fully saturated rings. The molecule has 2 aromatic heterocycles. The van der Waals surface area contributed by atoms with Gasteiger partial charge in [0, 0.05) is 47.9 Å². The number of aromatic nitrogens is 1. The number of hydrogen-bond donors (Lipinski definition) is 0. The molecule has 0 aliphatic rings. The minimum atomic E-state index is 1.10. The molecule has 0 N–H and O–H groups in total. The zero-order valence-corrected chi connectivity index (χ0v) is 35.1. The molecule has 3 heteroatoms. The topological polar surface area (TPSA) is 8.17 Å². The van der Waals surface area contributed by atoms with Crippen molar-refractivity contribution in [2.45, 2.75) is 0 Å². The van der Waals surface area contributed by atoms with E-state index in [9.17, 15) is 0 Å². The van der Waals surface area contributed by atoms with E-state index in [0.717, 1.165) is 22.7 Å². The van der Waals surface area contributed by atoms with E-state index in [2.05, 4.69) is 240 Å². The van der Waals surface area contributed by atoms with Gasteiger partial charge in [0.15, 0.2) is 0 Å². The maximum Gasteiger partial charge on any atom is 0.0562 e. The summed E-state index contributed by atoms with van der Waals surface area (Å²) in [5, 5.41) is 12.5. The van der Waals surface area contributed by atoms with Gasteiger partial charge in [0.1, 0.15) is 0 Å². The van der Waals surface area contributed by atoms with Crippen molar-refractivity contribution in [2.75, 3.05) is 4.90 Å². The lowest BCUT2D eigenvalue weighted by Crippen LogP contribution is -2.11. The summed E-state index contributed by atoms with van der Waals surface area (Å²) in [7, 11) is 0. The van der Waals surface area contributed by atoms with Crippen molar-refractivity contribution in [1.82, 2.24) is 4.57 Å². The van der Waals surface area contributed by atoms with Crippen LogP contribution < -0.4 is 4.90 Å². The number of thiophene rings is 1. The molecule has 0 aliphatic carbocycles. The van der Waals surface area contributed by atoms with Gasteiger partial charge in [-0.2, -0.15) is 0 Å². The Balaban J connectivity index is 1.10. The SMILES string of the molecule is c1ccc(-n2c3ccccc3c3c(N(c4ccc(-c5ccc6ccccc6c5)cc4)c4ccc(-c5cc6ccccc6c6ccccc56)c5sc6ccccc6c45)cccc32)cc1. The largest absolute Gasteiger partial charge is 0.309 e. The van der Waals surface area contributed by atoms with Crippen molar-refractivity contribution in [3.05, 3.63) is 231 Å². The third-order valence-electron chi connectivity index (χ3n) is 12.9. The van der Waals surface area contributed by atoms with Crippen LogP contribution in [0.2, 0.25) is 0 Å². The Morgan fingerprint density at radius 1 is 0.349 bits per heavy atom. The maximum atomic E-state index is 2.53. The molecule has 0 amide bonds. The second-order valence-corrected chi connectivity index (χ2v) is 17.5. The zero-order chi connectivity index (χ0) is 41.4. The summed E-state index contributed by atoms with van der Waals surface area (Å²) in [6.45, 7) is 0. The molecule has 11 aromatic carbocycles. The zero-order valence-electron chi connectivity index (χ0n) is 34.2. The average Bonchev–Trinajstić information content (AvgIpc) is 3.91. The fourth-order valence-electron chi connectivity index (χ4n) is 10.1. The van der Waals surface area contributed by atoms with Crippen LogP contribution in [0.15, 0.2) is 231 Å². The molecular weight excluding hydrogens is 781 g/mol. The van der Waals surface area contributed by atoms with Crippen LogP contribution in [-0.4, -0.2) is 4.57 Å².